The molecule has 1 unspecified atom stereocenters. The minimum atomic E-state index is 0.281. The van der Waals surface area contributed by atoms with Crippen LogP contribution >= 0.6 is 0 Å². The highest BCUT2D eigenvalue weighted by atomic mass is 16.5. The van der Waals surface area contributed by atoms with Crippen molar-refractivity contribution in [2.45, 2.75) is 26.4 Å². The Morgan fingerprint density at radius 3 is 2.67 bits per heavy atom. The van der Waals surface area contributed by atoms with Gasteiger partial charge in [-0.15, -0.1) is 0 Å². The van der Waals surface area contributed by atoms with Crippen molar-refractivity contribution in [1.29, 1.82) is 0 Å². The van der Waals surface area contributed by atoms with Gasteiger partial charge >= 0.3 is 0 Å². The lowest BCUT2D eigenvalue weighted by Crippen LogP contribution is -2.06. The van der Waals surface area contributed by atoms with Crippen LogP contribution in [-0.4, -0.2) is 18.3 Å². The predicted octanol–water partition coefficient (Wildman–Crippen LogP) is 2.61. The van der Waals surface area contributed by atoms with Crippen molar-refractivity contribution in [3.8, 4) is 0 Å². The molecular weight excluding hydrogens is 188 g/mol. The minimum absolute atomic E-state index is 0.281. The first-order chi connectivity index (χ1) is 7.33. The summed E-state index contributed by atoms with van der Waals surface area (Å²) in [5, 5.41) is 8.68. The van der Waals surface area contributed by atoms with Gasteiger partial charge in [-0.3, -0.25) is 0 Å². The molecule has 0 aliphatic rings. The second-order valence-electron chi connectivity index (χ2n) is 3.97. The van der Waals surface area contributed by atoms with Gasteiger partial charge in [0.15, 0.2) is 0 Å². The molecule has 2 nitrogen and oxygen atoms in total. The van der Waals surface area contributed by atoms with E-state index in [0.717, 1.165) is 19.4 Å². The Bertz CT molecular complexity index is 246. The average molecular weight is 208 g/mol. The van der Waals surface area contributed by atoms with Crippen molar-refractivity contribution >= 4 is 0 Å². The van der Waals surface area contributed by atoms with Crippen LogP contribution in [0.15, 0.2) is 30.3 Å². The van der Waals surface area contributed by atoms with Crippen molar-refractivity contribution in [1.82, 2.24) is 0 Å². The normalized spacial score (nSPS) is 12.7. The van der Waals surface area contributed by atoms with Crippen LogP contribution < -0.4 is 0 Å². The lowest BCUT2D eigenvalue weighted by atomic mass is 10.1. The SMILES string of the molecule is CC(CCCO)COCc1ccccc1. The maximum atomic E-state index is 8.68. The van der Waals surface area contributed by atoms with Gasteiger partial charge in [0.25, 0.3) is 0 Å². The highest BCUT2D eigenvalue weighted by Crippen LogP contribution is 2.07. The van der Waals surface area contributed by atoms with Crippen molar-refractivity contribution in [3.63, 3.8) is 0 Å². The Morgan fingerprint density at radius 1 is 1.27 bits per heavy atom. The summed E-state index contributed by atoms with van der Waals surface area (Å²) in [6, 6.07) is 10.2. The quantitative estimate of drug-likeness (QED) is 0.746. The van der Waals surface area contributed by atoms with Crippen LogP contribution in [0.3, 0.4) is 0 Å². The second-order valence-corrected chi connectivity index (χ2v) is 3.97. The van der Waals surface area contributed by atoms with Crippen LogP contribution in [-0.2, 0) is 11.3 Å². The molecule has 1 aromatic rings. The molecule has 0 aliphatic carbocycles. The fourth-order valence-corrected chi connectivity index (χ4v) is 1.48. The van der Waals surface area contributed by atoms with Gasteiger partial charge in [-0.05, 0) is 24.3 Å². The Kier molecular flexibility index (Phi) is 6.05. The molecular formula is C13H20O2. The van der Waals surface area contributed by atoms with Crippen molar-refractivity contribution in [3.05, 3.63) is 35.9 Å². The smallest absolute Gasteiger partial charge is 0.0717 e. The molecule has 1 aromatic carbocycles. The van der Waals surface area contributed by atoms with Crippen LogP contribution in [0.2, 0.25) is 0 Å². The Balaban J connectivity index is 2.11. The number of rotatable bonds is 7. The van der Waals surface area contributed by atoms with Gasteiger partial charge in [0.2, 0.25) is 0 Å². The van der Waals surface area contributed by atoms with E-state index in [1.807, 2.05) is 18.2 Å². The minimum Gasteiger partial charge on any atom is -0.396 e. The Labute approximate surface area is 91.9 Å². The molecule has 0 aromatic heterocycles. The summed E-state index contributed by atoms with van der Waals surface area (Å²) in [4.78, 5) is 0. The van der Waals surface area contributed by atoms with Gasteiger partial charge in [-0.2, -0.15) is 0 Å². The van der Waals surface area contributed by atoms with E-state index in [9.17, 15) is 0 Å². The Morgan fingerprint density at radius 2 is 2.00 bits per heavy atom. The molecule has 0 amide bonds. The molecule has 84 valence electrons. The summed E-state index contributed by atoms with van der Waals surface area (Å²) in [6.45, 7) is 3.89. The fourth-order valence-electron chi connectivity index (χ4n) is 1.48. The molecule has 0 heterocycles. The molecule has 0 radical (unpaired) electrons. The van der Waals surface area contributed by atoms with E-state index < -0.39 is 0 Å². The molecule has 1 rings (SSSR count). The van der Waals surface area contributed by atoms with E-state index >= 15 is 0 Å². The average Bonchev–Trinajstić information content (AvgIpc) is 2.28. The Hall–Kier alpha value is -0.860. The van der Waals surface area contributed by atoms with E-state index in [2.05, 4.69) is 19.1 Å². The number of ether oxygens (including phenoxy) is 1. The van der Waals surface area contributed by atoms with Gasteiger partial charge in [0, 0.05) is 13.2 Å². The molecule has 1 atom stereocenters. The maximum absolute atomic E-state index is 8.68. The zero-order valence-corrected chi connectivity index (χ0v) is 9.36. The highest BCUT2D eigenvalue weighted by Gasteiger charge is 2.01. The van der Waals surface area contributed by atoms with Crippen LogP contribution in [0, 0.1) is 5.92 Å². The highest BCUT2D eigenvalue weighted by molar-refractivity contribution is 5.13. The van der Waals surface area contributed by atoms with E-state index in [-0.39, 0.29) is 6.61 Å². The van der Waals surface area contributed by atoms with E-state index in [1.54, 1.807) is 0 Å². The number of benzene rings is 1. The van der Waals surface area contributed by atoms with Crippen LogP contribution in [0.5, 0.6) is 0 Å². The third-order valence-corrected chi connectivity index (χ3v) is 2.37. The first kappa shape index (κ1) is 12.2. The van der Waals surface area contributed by atoms with Crippen molar-refractivity contribution in [2.75, 3.05) is 13.2 Å². The summed E-state index contributed by atoms with van der Waals surface area (Å²) >= 11 is 0. The van der Waals surface area contributed by atoms with Gasteiger partial charge in [0.1, 0.15) is 0 Å². The molecule has 2 heteroatoms. The monoisotopic (exact) mass is 208 g/mol. The first-order valence-corrected chi connectivity index (χ1v) is 5.55. The molecule has 0 bridgehead atoms. The maximum Gasteiger partial charge on any atom is 0.0717 e. The standard InChI is InChI=1S/C13H20O2/c1-12(6-5-9-14)10-15-11-13-7-3-2-4-8-13/h2-4,7-8,12,14H,5-6,9-11H2,1H3. The van der Waals surface area contributed by atoms with E-state index in [1.165, 1.54) is 5.56 Å². The van der Waals surface area contributed by atoms with Crippen molar-refractivity contribution in [2.24, 2.45) is 5.92 Å². The number of hydrogen-bond acceptors (Lipinski definition) is 2. The number of aliphatic hydroxyl groups is 1. The van der Waals surface area contributed by atoms with Crippen LogP contribution in [0.1, 0.15) is 25.3 Å². The van der Waals surface area contributed by atoms with Gasteiger partial charge < -0.3 is 9.84 Å². The zero-order chi connectivity index (χ0) is 10.9. The largest absolute Gasteiger partial charge is 0.396 e. The zero-order valence-electron chi connectivity index (χ0n) is 9.36. The lowest BCUT2D eigenvalue weighted by Gasteiger charge is -2.11. The summed E-state index contributed by atoms with van der Waals surface area (Å²) in [5.74, 6) is 0.529. The molecule has 1 N–H and O–H groups in total. The summed E-state index contributed by atoms with van der Waals surface area (Å²) in [5.41, 5.74) is 1.21. The molecule has 0 saturated carbocycles. The number of hydrogen-bond donors (Lipinski definition) is 1. The molecule has 0 spiro atoms. The molecule has 0 fully saturated rings. The topological polar surface area (TPSA) is 29.5 Å². The van der Waals surface area contributed by atoms with Gasteiger partial charge in [0.05, 0.1) is 6.61 Å². The van der Waals surface area contributed by atoms with Crippen LogP contribution in [0.4, 0.5) is 0 Å². The van der Waals surface area contributed by atoms with Gasteiger partial charge in [-0.25, -0.2) is 0 Å². The summed E-state index contributed by atoms with van der Waals surface area (Å²) in [6.07, 6.45) is 1.90. The molecule has 0 saturated heterocycles. The third-order valence-electron chi connectivity index (χ3n) is 2.37. The lowest BCUT2D eigenvalue weighted by molar-refractivity contribution is 0.0870. The van der Waals surface area contributed by atoms with Crippen LogP contribution in [0.25, 0.3) is 0 Å². The second kappa shape index (κ2) is 7.43. The molecule has 15 heavy (non-hydrogen) atoms. The molecule has 0 aliphatic heterocycles. The number of aliphatic hydroxyl groups excluding tert-OH is 1. The third kappa shape index (κ3) is 5.55. The fraction of sp³-hybridized carbons (Fsp3) is 0.538. The summed E-state index contributed by atoms with van der Waals surface area (Å²) < 4.78 is 5.60. The van der Waals surface area contributed by atoms with Gasteiger partial charge in [-0.1, -0.05) is 37.3 Å². The van der Waals surface area contributed by atoms with E-state index in [0.29, 0.717) is 12.5 Å². The first-order valence-electron chi connectivity index (χ1n) is 5.55. The van der Waals surface area contributed by atoms with E-state index in [4.69, 9.17) is 9.84 Å². The van der Waals surface area contributed by atoms with Crippen molar-refractivity contribution < 1.29 is 9.84 Å². The predicted molar refractivity (Wildman–Crippen MR) is 61.6 cm³/mol. The summed E-state index contributed by atoms with van der Waals surface area (Å²) in [7, 11) is 0.